The molecule has 1 atom stereocenters. The fourth-order valence-corrected chi connectivity index (χ4v) is 5.53. The van der Waals surface area contributed by atoms with Gasteiger partial charge < -0.3 is 20.1 Å². The van der Waals surface area contributed by atoms with Crippen LogP contribution in [0.5, 0.6) is 5.75 Å². The lowest BCUT2D eigenvalue weighted by Crippen LogP contribution is -2.41. The zero-order valence-corrected chi connectivity index (χ0v) is 25.5. The molecule has 1 saturated heterocycles. The molecule has 1 amide bonds. The number of anilines is 1. The number of aliphatic carboxylic acids is 1. The minimum Gasteiger partial charge on any atom is -0.485 e. The first-order chi connectivity index (χ1) is 22.2. The zero-order valence-electron chi connectivity index (χ0n) is 26.5. The number of nitrogens with one attached hydrogen (secondary N) is 1. The van der Waals surface area contributed by atoms with Crippen molar-refractivity contribution in [3.05, 3.63) is 107 Å². The van der Waals surface area contributed by atoms with Crippen LogP contribution < -0.4 is 15.0 Å². The molecule has 45 heavy (non-hydrogen) atoms. The quantitative estimate of drug-likeness (QED) is 0.191. The van der Waals surface area contributed by atoms with Crippen LogP contribution >= 0.6 is 0 Å². The first-order valence-corrected chi connectivity index (χ1v) is 15.2. The summed E-state index contributed by atoms with van der Waals surface area (Å²) in [6, 6.07) is 23.2. The number of hydrogen-bond acceptors (Lipinski definition) is 7. The number of aromatic nitrogens is 2. The number of aryl methyl sites for hydroxylation is 1. The Morgan fingerprint density at radius 1 is 1.02 bits per heavy atom. The highest BCUT2D eigenvalue weighted by molar-refractivity contribution is 5.97. The average molecular weight is 608 g/mol. The van der Waals surface area contributed by atoms with Crippen LogP contribution in [0.25, 0.3) is 11.1 Å². The molecule has 1 aromatic heterocycles. The summed E-state index contributed by atoms with van der Waals surface area (Å²) < 4.78 is 14.3. The van der Waals surface area contributed by atoms with Crippen molar-refractivity contribution in [2.75, 3.05) is 18.0 Å². The van der Waals surface area contributed by atoms with Gasteiger partial charge in [-0.15, -0.1) is 0 Å². The molecule has 0 radical (unpaired) electrons. The van der Waals surface area contributed by atoms with Crippen LogP contribution in [0.2, 0.25) is 0 Å². The Balaban J connectivity index is 1.28. The fourth-order valence-electron chi connectivity index (χ4n) is 5.53. The third-order valence-electron chi connectivity index (χ3n) is 8.10. The standard InChI is InChI=1S/C36H38N4O5/c1-3-31(36(43)44)38-35(42)33-34(45-23-27-7-5-4-6-8-27)24(2)37-32(39-33)21-25-17-19-40(20-18-25)30-15-13-29(14-16-30)28-11-9-26(22-41)10-12-28/h4-16,22,25,31H,3,17-21,23H2,1-2H3,(H,38,42)(H,43,44)/i31D. The summed E-state index contributed by atoms with van der Waals surface area (Å²) in [5, 5.41) is 11.9. The number of carbonyl (C=O) groups is 3. The predicted molar refractivity (Wildman–Crippen MR) is 173 cm³/mol. The average Bonchev–Trinajstić information content (AvgIpc) is 3.08. The van der Waals surface area contributed by atoms with Crippen molar-refractivity contribution >= 4 is 23.9 Å². The predicted octanol–water partition coefficient (Wildman–Crippen LogP) is 5.90. The van der Waals surface area contributed by atoms with Gasteiger partial charge in [-0.3, -0.25) is 9.59 Å². The van der Waals surface area contributed by atoms with Crippen molar-refractivity contribution in [1.82, 2.24) is 15.3 Å². The third kappa shape index (κ3) is 7.92. The highest BCUT2D eigenvalue weighted by Crippen LogP contribution is 2.29. The molecule has 9 nitrogen and oxygen atoms in total. The SMILES string of the molecule is [2H]C(CC)(NC(=O)c1nc(CC2CCN(c3ccc(-c4ccc(C=O)cc4)cc3)CC2)nc(C)c1OCc1ccccc1)C(=O)O. The second-order valence-electron chi connectivity index (χ2n) is 11.2. The van der Waals surface area contributed by atoms with Gasteiger partial charge >= 0.3 is 5.97 Å². The molecule has 1 fully saturated rings. The Labute approximate surface area is 264 Å². The van der Waals surface area contributed by atoms with Gasteiger partial charge in [-0.25, -0.2) is 14.8 Å². The van der Waals surface area contributed by atoms with Gasteiger partial charge in [-0.1, -0.05) is 73.7 Å². The number of benzene rings is 3. The minimum absolute atomic E-state index is 0.0666. The number of carboxylic acids is 1. The van der Waals surface area contributed by atoms with Gasteiger partial charge in [0, 0.05) is 30.8 Å². The van der Waals surface area contributed by atoms with Crippen molar-refractivity contribution in [3.8, 4) is 16.9 Å². The maximum absolute atomic E-state index is 13.4. The van der Waals surface area contributed by atoms with E-state index in [0.29, 0.717) is 29.4 Å². The molecule has 1 aliphatic heterocycles. The van der Waals surface area contributed by atoms with Crippen LogP contribution in [0.3, 0.4) is 0 Å². The molecule has 0 spiro atoms. The summed E-state index contributed by atoms with van der Waals surface area (Å²) >= 11 is 0. The molecular formula is C36H38N4O5. The largest absolute Gasteiger partial charge is 0.485 e. The summed E-state index contributed by atoms with van der Waals surface area (Å²) in [5.74, 6) is -1.28. The Morgan fingerprint density at radius 2 is 1.67 bits per heavy atom. The van der Waals surface area contributed by atoms with E-state index in [2.05, 4.69) is 44.5 Å². The zero-order chi connectivity index (χ0) is 32.7. The fraction of sp³-hybridized carbons (Fsp3) is 0.306. The molecule has 1 unspecified atom stereocenters. The summed E-state index contributed by atoms with van der Waals surface area (Å²) in [6.07, 6.45) is 3.10. The van der Waals surface area contributed by atoms with Gasteiger partial charge in [-0.2, -0.15) is 0 Å². The van der Waals surface area contributed by atoms with Gasteiger partial charge in [0.2, 0.25) is 0 Å². The van der Waals surface area contributed by atoms with Crippen LogP contribution in [0, 0.1) is 12.8 Å². The highest BCUT2D eigenvalue weighted by Gasteiger charge is 2.27. The summed E-state index contributed by atoms with van der Waals surface area (Å²) in [7, 11) is 0. The molecule has 1 aliphatic rings. The lowest BCUT2D eigenvalue weighted by molar-refractivity contribution is -0.139. The Kier molecular flexibility index (Phi) is 9.74. The topological polar surface area (TPSA) is 122 Å². The van der Waals surface area contributed by atoms with Crippen molar-refractivity contribution in [3.63, 3.8) is 0 Å². The van der Waals surface area contributed by atoms with Crippen LogP contribution in [-0.4, -0.2) is 52.3 Å². The molecule has 232 valence electrons. The first kappa shape index (κ1) is 30.0. The Bertz CT molecular complexity index is 1670. The molecule has 0 bridgehead atoms. The minimum atomic E-state index is -2.20. The smallest absolute Gasteiger partial charge is 0.326 e. The van der Waals surface area contributed by atoms with Crippen LogP contribution in [-0.2, 0) is 17.8 Å². The third-order valence-corrected chi connectivity index (χ3v) is 8.10. The molecule has 3 aromatic carbocycles. The van der Waals surface area contributed by atoms with E-state index < -0.39 is 17.9 Å². The second-order valence-corrected chi connectivity index (χ2v) is 11.2. The van der Waals surface area contributed by atoms with E-state index in [0.717, 1.165) is 54.6 Å². The van der Waals surface area contributed by atoms with Crippen LogP contribution in [0.1, 0.15) is 65.5 Å². The molecule has 0 saturated carbocycles. The van der Waals surface area contributed by atoms with Crippen molar-refractivity contribution in [2.24, 2.45) is 5.92 Å². The van der Waals surface area contributed by atoms with E-state index in [1.54, 1.807) is 6.92 Å². The Morgan fingerprint density at radius 3 is 2.27 bits per heavy atom. The maximum atomic E-state index is 13.4. The number of hydrogen-bond donors (Lipinski definition) is 2. The summed E-state index contributed by atoms with van der Waals surface area (Å²) in [5.41, 5.74) is 5.24. The second kappa shape index (κ2) is 14.6. The maximum Gasteiger partial charge on any atom is 0.326 e. The number of carboxylic acid groups (broad SMARTS) is 1. The number of ether oxygens (including phenoxy) is 1. The number of nitrogens with zero attached hydrogens (tertiary/aromatic N) is 3. The lowest BCUT2D eigenvalue weighted by Gasteiger charge is -2.33. The van der Waals surface area contributed by atoms with E-state index >= 15 is 0 Å². The normalized spacial score (nSPS) is 15.1. The molecule has 2 N–H and O–H groups in total. The molecule has 5 rings (SSSR count). The van der Waals surface area contributed by atoms with Crippen molar-refractivity contribution in [1.29, 1.82) is 0 Å². The number of carbonyl (C=O) groups excluding carboxylic acids is 2. The van der Waals surface area contributed by atoms with E-state index in [-0.39, 0.29) is 24.5 Å². The van der Waals surface area contributed by atoms with E-state index in [9.17, 15) is 19.5 Å². The molecule has 0 aliphatic carbocycles. The lowest BCUT2D eigenvalue weighted by atomic mass is 9.92. The van der Waals surface area contributed by atoms with Crippen LogP contribution in [0.15, 0.2) is 78.9 Å². The monoisotopic (exact) mass is 607 g/mol. The van der Waals surface area contributed by atoms with Gasteiger partial charge in [0.05, 0.1) is 7.06 Å². The first-order valence-electron chi connectivity index (χ1n) is 15.7. The Hall–Kier alpha value is -5.05. The summed E-state index contributed by atoms with van der Waals surface area (Å²) in [4.78, 5) is 47.8. The van der Waals surface area contributed by atoms with Crippen LogP contribution in [0.4, 0.5) is 5.69 Å². The van der Waals surface area contributed by atoms with Crippen molar-refractivity contribution < 1.29 is 25.6 Å². The molecule has 9 heteroatoms. The van der Waals surface area contributed by atoms with Gasteiger partial charge in [0.1, 0.15) is 24.7 Å². The van der Waals surface area contributed by atoms with Gasteiger partial charge in [-0.05, 0) is 60.9 Å². The van der Waals surface area contributed by atoms with E-state index in [1.807, 2.05) is 54.6 Å². The molecule has 4 aromatic rings. The van der Waals surface area contributed by atoms with E-state index in [1.165, 1.54) is 6.92 Å². The molecule has 2 heterocycles. The number of piperidine rings is 1. The summed E-state index contributed by atoms with van der Waals surface area (Å²) in [6.45, 7) is 5.17. The highest BCUT2D eigenvalue weighted by atomic mass is 16.5. The number of amides is 1. The number of rotatable bonds is 12. The van der Waals surface area contributed by atoms with Gasteiger partial charge in [0.15, 0.2) is 11.4 Å². The van der Waals surface area contributed by atoms with Crippen molar-refractivity contribution in [2.45, 2.75) is 52.2 Å². The van der Waals surface area contributed by atoms with Gasteiger partial charge in [0.25, 0.3) is 5.91 Å². The number of aldehydes is 1. The van der Waals surface area contributed by atoms with E-state index in [4.69, 9.17) is 6.11 Å². The molecular weight excluding hydrogens is 568 g/mol.